The van der Waals surface area contributed by atoms with E-state index in [1.165, 1.54) is 4.31 Å². The number of sulfonamides is 1. The molecule has 0 spiro atoms. The molecular formula is C14H22N2O4S2. The van der Waals surface area contributed by atoms with Gasteiger partial charge in [0.1, 0.15) is 0 Å². The first kappa shape index (κ1) is 17.2. The summed E-state index contributed by atoms with van der Waals surface area (Å²) in [5.74, 6) is -0.124. The van der Waals surface area contributed by atoms with Crippen molar-refractivity contribution in [1.29, 1.82) is 0 Å². The van der Waals surface area contributed by atoms with Crippen molar-refractivity contribution in [3.05, 3.63) is 24.3 Å². The van der Waals surface area contributed by atoms with Gasteiger partial charge >= 0.3 is 0 Å². The number of sulfone groups is 1. The standard InChI is InChI=1S/C14H22N2O4S2/c1-12-7-8-16(9-10-21(12,17)18)22(19,20)14-6-4-5-13(11-14)15(2)3/h4-6,11-12H,7-10H2,1-3H3. The molecule has 124 valence electrons. The van der Waals surface area contributed by atoms with Gasteiger partial charge in [0.15, 0.2) is 9.84 Å². The van der Waals surface area contributed by atoms with Crippen molar-refractivity contribution in [2.75, 3.05) is 37.8 Å². The van der Waals surface area contributed by atoms with Crippen LogP contribution in [-0.4, -0.2) is 59.3 Å². The van der Waals surface area contributed by atoms with E-state index in [2.05, 4.69) is 0 Å². The Morgan fingerprint density at radius 3 is 2.55 bits per heavy atom. The number of hydrogen-bond acceptors (Lipinski definition) is 5. The van der Waals surface area contributed by atoms with E-state index in [4.69, 9.17) is 0 Å². The Morgan fingerprint density at radius 2 is 1.91 bits per heavy atom. The molecule has 1 aromatic rings. The second-order valence-electron chi connectivity index (χ2n) is 5.76. The number of anilines is 1. The fourth-order valence-corrected chi connectivity index (χ4v) is 5.31. The van der Waals surface area contributed by atoms with E-state index in [9.17, 15) is 16.8 Å². The third-order valence-corrected chi connectivity index (χ3v) is 8.10. The van der Waals surface area contributed by atoms with Gasteiger partial charge < -0.3 is 4.90 Å². The summed E-state index contributed by atoms with van der Waals surface area (Å²) in [6.45, 7) is 1.88. The molecule has 0 radical (unpaired) electrons. The molecule has 1 heterocycles. The molecule has 6 nitrogen and oxygen atoms in total. The van der Waals surface area contributed by atoms with Crippen LogP contribution in [0.15, 0.2) is 29.2 Å². The molecule has 0 bridgehead atoms. The first-order valence-corrected chi connectivity index (χ1v) is 10.3. The average molecular weight is 346 g/mol. The van der Waals surface area contributed by atoms with Crippen LogP contribution < -0.4 is 4.90 Å². The smallest absolute Gasteiger partial charge is 0.243 e. The second-order valence-corrected chi connectivity index (χ2v) is 10.2. The molecule has 1 saturated heterocycles. The van der Waals surface area contributed by atoms with E-state index in [1.54, 1.807) is 25.1 Å². The van der Waals surface area contributed by atoms with Crippen LogP contribution >= 0.6 is 0 Å². The quantitative estimate of drug-likeness (QED) is 0.815. The molecule has 0 aromatic heterocycles. The first-order valence-electron chi connectivity index (χ1n) is 7.14. The zero-order valence-corrected chi connectivity index (χ0v) is 14.7. The SMILES string of the molecule is CC1CCN(S(=O)(=O)c2cccc(N(C)C)c2)CCS1(=O)=O. The molecular weight excluding hydrogens is 324 g/mol. The molecule has 0 saturated carbocycles. The van der Waals surface area contributed by atoms with Gasteiger partial charge in [-0.15, -0.1) is 0 Å². The van der Waals surface area contributed by atoms with Crippen LogP contribution in [0, 0.1) is 0 Å². The summed E-state index contributed by atoms with van der Waals surface area (Å²) >= 11 is 0. The number of nitrogens with zero attached hydrogens (tertiary/aromatic N) is 2. The van der Waals surface area contributed by atoms with Gasteiger partial charge in [-0.2, -0.15) is 4.31 Å². The predicted molar refractivity (Wildman–Crippen MR) is 87.4 cm³/mol. The number of benzene rings is 1. The zero-order chi connectivity index (χ0) is 16.5. The first-order chi connectivity index (χ1) is 10.1. The molecule has 2 rings (SSSR count). The van der Waals surface area contributed by atoms with E-state index in [0.717, 1.165) is 5.69 Å². The highest BCUT2D eigenvalue weighted by Crippen LogP contribution is 2.23. The van der Waals surface area contributed by atoms with Crippen molar-refractivity contribution in [3.8, 4) is 0 Å². The molecule has 22 heavy (non-hydrogen) atoms. The van der Waals surface area contributed by atoms with Crippen LogP contribution in [0.3, 0.4) is 0 Å². The lowest BCUT2D eigenvalue weighted by Gasteiger charge is -2.21. The summed E-state index contributed by atoms with van der Waals surface area (Å²) in [6, 6.07) is 6.68. The average Bonchev–Trinajstić information content (AvgIpc) is 2.59. The van der Waals surface area contributed by atoms with Gasteiger partial charge in [0, 0.05) is 32.9 Å². The van der Waals surface area contributed by atoms with Gasteiger partial charge in [-0.3, -0.25) is 0 Å². The largest absolute Gasteiger partial charge is 0.378 e. The maximum absolute atomic E-state index is 12.7. The molecule has 0 N–H and O–H groups in total. The van der Waals surface area contributed by atoms with Gasteiger partial charge in [0.05, 0.1) is 15.9 Å². The van der Waals surface area contributed by atoms with Crippen LogP contribution in [0.5, 0.6) is 0 Å². The van der Waals surface area contributed by atoms with E-state index < -0.39 is 25.1 Å². The zero-order valence-electron chi connectivity index (χ0n) is 13.1. The Bertz CT molecular complexity index is 742. The Labute approximate surface area is 132 Å². The topological polar surface area (TPSA) is 74.8 Å². The minimum absolute atomic E-state index is 0.0151. The van der Waals surface area contributed by atoms with Crippen molar-refractivity contribution in [3.63, 3.8) is 0 Å². The Hall–Kier alpha value is -1.12. The molecule has 0 aliphatic carbocycles. The van der Waals surface area contributed by atoms with Crippen molar-refractivity contribution in [2.45, 2.75) is 23.5 Å². The molecule has 1 fully saturated rings. The summed E-state index contributed by atoms with van der Waals surface area (Å²) in [6.07, 6.45) is 0.328. The lowest BCUT2D eigenvalue weighted by molar-refractivity contribution is 0.429. The Kier molecular flexibility index (Phi) is 4.84. The highest BCUT2D eigenvalue weighted by atomic mass is 32.2. The van der Waals surface area contributed by atoms with E-state index in [0.29, 0.717) is 6.42 Å². The third-order valence-electron chi connectivity index (χ3n) is 4.00. The summed E-state index contributed by atoms with van der Waals surface area (Å²) in [5.41, 5.74) is 0.789. The molecule has 1 unspecified atom stereocenters. The molecule has 1 aliphatic rings. The Morgan fingerprint density at radius 1 is 1.23 bits per heavy atom. The van der Waals surface area contributed by atoms with E-state index in [-0.39, 0.29) is 23.7 Å². The molecule has 1 aliphatic heterocycles. The summed E-state index contributed by atoms with van der Waals surface area (Å²) in [5, 5.41) is -0.499. The van der Waals surface area contributed by atoms with Crippen molar-refractivity contribution in [1.82, 2.24) is 4.31 Å². The highest BCUT2D eigenvalue weighted by molar-refractivity contribution is 7.92. The van der Waals surface area contributed by atoms with Crippen LogP contribution in [0.1, 0.15) is 13.3 Å². The van der Waals surface area contributed by atoms with E-state index in [1.807, 2.05) is 25.1 Å². The van der Waals surface area contributed by atoms with Crippen LogP contribution in [0.25, 0.3) is 0 Å². The fraction of sp³-hybridized carbons (Fsp3) is 0.571. The van der Waals surface area contributed by atoms with Crippen molar-refractivity contribution < 1.29 is 16.8 Å². The Balaban J connectivity index is 2.33. The summed E-state index contributed by atoms with van der Waals surface area (Å²) in [7, 11) is -3.20. The van der Waals surface area contributed by atoms with Gasteiger partial charge in [-0.05, 0) is 31.5 Å². The maximum atomic E-state index is 12.7. The van der Waals surface area contributed by atoms with Crippen LogP contribution in [0.2, 0.25) is 0 Å². The predicted octanol–water partition coefficient (Wildman–Crippen LogP) is 0.950. The maximum Gasteiger partial charge on any atom is 0.243 e. The lowest BCUT2D eigenvalue weighted by Crippen LogP contribution is -2.33. The van der Waals surface area contributed by atoms with Crippen LogP contribution in [-0.2, 0) is 19.9 Å². The molecule has 1 aromatic carbocycles. The van der Waals surface area contributed by atoms with Gasteiger partial charge in [-0.1, -0.05) is 6.07 Å². The number of rotatable bonds is 3. The number of hydrogen-bond donors (Lipinski definition) is 0. The van der Waals surface area contributed by atoms with Crippen LogP contribution in [0.4, 0.5) is 5.69 Å². The van der Waals surface area contributed by atoms with Gasteiger partial charge in [0.2, 0.25) is 10.0 Å². The minimum Gasteiger partial charge on any atom is -0.378 e. The second kappa shape index (κ2) is 6.17. The molecule has 0 amide bonds. The van der Waals surface area contributed by atoms with E-state index >= 15 is 0 Å². The molecule has 8 heteroatoms. The minimum atomic E-state index is -3.67. The van der Waals surface area contributed by atoms with Crippen molar-refractivity contribution >= 4 is 25.5 Å². The molecule has 1 atom stereocenters. The normalized spacial score (nSPS) is 23.0. The van der Waals surface area contributed by atoms with Crippen molar-refractivity contribution in [2.24, 2.45) is 0 Å². The third kappa shape index (κ3) is 3.44. The lowest BCUT2D eigenvalue weighted by atomic mass is 10.3. The van der Waals surface area contributed by atoms with Gasteiger partial charge in [-0.25, -0.2) is 16.8 Å². The van der Waals surface area contributed by atoms with Gasteiger partial charge in [0.25, 0.3) is 0 Å². The monoisotopic (exact) mass is 346 g/mol. The summed E-state index contributed by atoms with van der Waals surface area (Å²) < 4.78 is 50.6. The fourth-order valence-electron chi connectivity index (χ4n) is 2.36. The summed E-state index contributed by atoms with van der Waals surface area (Å²) in [4.78, 5) is 2.03. The highest BCUT2D eigenvalue weighted by Gasteiger charge is 2.32.